The van der Waals surface area contributed by atoms with E-state index in [1.54, 1.807) is 11.0 Å². The maximum Gasteiger partial charge on any atom is 0.219 e. The van der Waals surface area contributed by atoms with Crippen molar-refractivity contribution in [1.29, 1.82) is 0 Å². The lowest BCUT2D eigenvalue weighted by molar-refractivity contribution is 0.318. The summed E-state index contributed by atoms with van der Waals surface area (Å²) in [5.74, 6) is 0.134. The molecule has 1 aromatic carbocycles. The van der Waals surface area contributed by atoms with Crippen molar-refractivity contribution in [1.82, 2.24) is 14.8 Å². The largest absolute Gasteiger partial charge is 0.409 e. The summed E-state index contributed by atoms with van der Waals surface area (Å²) < 4.78 is 1.65. The van der Waals surface area contributed by atoms with E-state index in [0.717, 1.165) is 5.56 Å². The third-order valence-corrected chi connectivity index (χ3v) is 2.79. The standard InChI is InChI=1S/C12H15N5O/c1-8-3-4-10(5-9(8)2)6-17-7-14-12(15-17)11(13)16-18/h3-5,7,18H,6H2,1-2H3,(H2,13,16). The minimum atomic E-state index is -0.0890. The molecule has 2 rings (SSSR count). The predicted molar refractivity (Wildman–Crippen MR) is 67.6 cm³/mol. The fourth-order valence-electron chi connectivity index (χ4n) is 1.62. The Balaban J connectivity index is 2.18. The van der Waals surface area contributed by atoms with Gasteiger partial charge in [0.25, 0.3) is 0 Å². The number of hydrogen-bond donors (Lipinski definition) is 2. The van der Waals surface area contributed by atoms with Crippen LogP contribution in [0.2, 0.25) is 0 Å². The van der Waals surface area contributed by atoms with E-state index in [1.165, 1.54) is 11.1 Å². The van der Waals surface area contributed by atoms with Crippen LogP contribution in [0.5, 0.6) is 0 Å². The Morgan fingerprint density at radius 2 is 2.17 bits per heavy atom. The van der Waals surface area contributed by atoms with Crippen LogP contribution in [0.4, 0.5) is 0 Å². The number of hydrogen-bond acceptors (Lipinski definition) is 4. The van der Waals surface area contributed by atoms with Crippen LogP contribution in [0.25, 0.3) is 0 Å². The lowest BCUT2D eigenvalue weighted by atomic mass is 10.1. The first-order valence-corrected chi connectivity index (χ1v) is 5.53. The van der Waals surface area contributed by atoms with Crippen molar-refractivity contribution >= 4 is 5.84 Å². The van der Waals surface area contributed by atoms with E-state index in [2.05, 4.69) is 41.2 Å². The van der Waals surface area contributed by atoms with Crippen LogP contribution in [0.3, 0.4) is 0 Å². The van der Waals surface area contributed by atoms with Gasteiger partial charge >= 0.3 is 0 Å². The number of oxime groups is 1. The summed E-state index contributed by atoms with van der Waals surface area (Å²) in [6, 6.07) is 6.24. The highest BCUT2D eigenvalue weighted by molar-refractivity contribution is 5.93. The predicted octanol–water partition coefficient (Wildman–Crippen LogP) is 1.04. The first-order chi connectivity index (χ1) is 8.60. The van der Waals surface area contributed by atoms with Gasteiger partial charge in [-0.15, -0.1) is 5.10 Å². The van der Waals surface area contributed by atoms with Gasteiger partial charge in [-0.25, -0.2) is 9.67 Å². The molecule has 18 heavy (non-hydrogen) atoms. The molecular formula is C12H15N5O. The molecule has 6 nitrogen and oxygen atoms in total. The van der Waals surface area contributed by atoms with Crippen LogP contribution in [-0.2, 0) is 6.54 Å². The van der Waals surface area contributed by atoms with E-state index in [0.29, 0.717) is 6.54 Å². The molecule has 0 aliphatic heterocycles. The van der Waals surface area contributed by atoms with Gasteiger partial charge in [-0.1, -0.05) is 23.4 Å². The number of aryl methyl sites for hydroxylation is 2. The molecule has 1 aromatic heterocycles. The van der Waals surface area contributed by atoms with Crippen molar-refractivity contribution in [3.8, 4) is 0 Å². The molecule has 0 radical (unpaired) electrons. The van der Waals surface area contributed by atoms with Crippen molar-refractivity contribution in [3.05, 3.63) is 47.0 Å². The Labute approximate surface area is 105 Å². The molecule has 3 N–H and O–H groups in total. The summed E-state index contributed by atoms with van der Waals surface area (Å²) in [5.41, 5.74) is 9.04. The normalized spacial score (nSPS) is 11.8. The van der Waals surface area contributed by atoms with E-state index in [4.69, 9.17) is 10.9 Å². The zero-order chi connectivity index (χ0) is 13.1. The van der Waals surface area contributed by atoms with Gasteiger partial charge in [0.1, 0.15) is 6.33 Å². The number of nitrogens with zero attached hydrogens (tertiary/aromatic N) is 4. The Morgan fingerprint density at radius 3 is 2.83 bits per heavy atom. The smallest absolute Gasteiger partial charge is 0.219 e. The summed E-state index contributed by atoms with van der Waals surface area (Å²) in [4.78, 5) is 3.96. The molecule has 0 atom stereocenters. The van der Waals surface area contributed by atoms with E-state index in [-0.39, 0.29) is 11.7 Å². The third-order valence-electron chi connectivity index (χ3n) is 2.79. The molecule has 0 spiro atoms. The minimum absolute atomic E-state index is 0.0890. The Bertz CT molecular complexity index is 588. The van der Waals surface area contributed by atoms with Gasteiger partial charge in [-0.3, -0.25) is 0 Å². The van der Waals surface area contributed by atoms with Crippen molar-refractivity contribution in [2.45, 2.75) is 20.4 Å². The topological polar surface area (TPSA) is 89.3 Å². The molecule has 0 saturated heterocycles. The average molecular weight is 245 g/mol. The van der Waals surface area contributed by atoms with Gasteiger partial charge < -0.3 is 10.9 Å². The Kier molecular flexibility index (Phi) is 3.27. The lowest BCUT2D eigenvalue weighted by Gasteiger charge is -2.04. The highest BCUT2D eigenvalue weighted by atomic mass is 16.4. The lowest BCUT2D eigenvalue weighted by Crippen LogP contribution is -2.15. The maximum atomic E-state index is 8.53. The van der Waals surface area contributed by atoms with E-state index in [9.17, 15) is 0 Å². The van der Waals surface area contributed by atoms with Crippen molar-refractivity contribution in [2.24, 2.45) is 10.9 Å². The first-order valence-electron chi connectivity index (χ1n) is 5.53. The molecule has 6 heteroatoms. The molecule has 0 aliphatic carbocycles. The Morgan fingerprint density at radius 1 is 1.39 bits per heavy atom. The van der Waals surface area contributed by atoms with E-state index < -0.39 is 0 Å². The molecule has 0 unspecified atom stereocenters. The van der Waals surface area contributed by atoms with Crippen LogP contribution < -0.4 is 5.73 Å². The van der Waals surface area contributed by atoms with Gasteiger partial charge in [-0.2, -0.15) is 0 Å². The Hall–Kier alpha value is -2.37. The molecule has 0 aliphatic rings. The van der Waals surface area contributed by atoms with Gasteiger partial charge in [0.2, 0.25) is 11.7 Å². The van der Waals surface area contributed by atoms with Gasteiger partial charge in [-0.05, 0) is 30.5 Å². The summed E-state index contributed by atoms with van der Waals surface area (Å²) in [6.07, 6.45) is 1.56. The molecule has 2 aromatic rings. The van der Waals surface area contributed by atoms with Crippen LogP contribution in [0.15, 0.2) is 29.7 Å². The second kappa shape index (κ2) is 4.87. The molecule has 0 bridgehead atoms. The molecular weight excluding hydrogens is 230 g/mol. The second-order valence-electron chi connectivity index (χ2n) is 4.17. The van der Waals surface area contributed by atoms with Gasteiger partial charge in [0, 0.05) is 0 Å². The highest BCUT2D eigenvalue weighted by Gasteiger charge is 2.06. The third kappa shape index (κ3) is 2.48. The number of aromatic nitrogens is 3. The molecule has 94 valence electrons. The van der Waals surface area contributed by atoms with Crippen molar-refractivity contribution < 1.29 is 5.21 Å². The summed E-state index contributed by atoms with van der Waals surface area (Å²) >= 11 is 0. The highest BCUT2D eigenvalue weighted by Crippen LogP contribution is 2.10. The van der Waals surface area contributed by atoms with Crippen molar-refractivity contribution in [3.63, 3.8) is 0 Å². The number of benzene rings is 1. The monoisotopic (exact) mass is 245 g/mol. The van der Waals surface area contributed by atoms with Crippen LogP contribution in [0.1, 0.15) is 22.5 Å². The fourth-order valence-corrected chi connectivity index (χ4v) is 1.62. The molecule has 0 saturated carbocycles. The summed E-state index contributed by atoms with van der Waals surface area (Å²) in [6.45, 7) is 4.75. The molecule has 0 fully saturated rings. The number of rotatable bonds is 3. The zero-order valence-corrected chi connectivity index (χ0v) is 10.3. The van der Waals surface area contributed by atoms with Crippen molar-refractivity contribution in [2.75, 3.05) is 0 Å². The van der Waals surface area contributed by atoms with Gasteiger partial charge in [0.05, 0.1) is 6.54 Å². The summed E-state index contributed by atoms with van der Waals surface area (Å²) in [7, 11) is 0. The SMILES string of the molecule is Cc1ccc(Cn2cnc(C(N)=NO)n2)cc1C. The fraction of sp³-hybridized carbons (Fsp3) is 0.250. The molecule has 0 amide bonds. The average Bonchev–Trinajstić information content (AvgIpc) is 2.81. The van der Waals surface area contributed by atoms with Crippen LogP contribution >= 0.6 is 0 Å². The minimum Gasteiger partial charge on any atom is -0.409 e. The quantitative estimate of drug-likeness (QED) is 0.366. The molecule has 1 heterocycles. The van der Waals surface area contributed by atoms with Gasteiger partial charge in [0.15, 0.2) is 0 Å². The number of nitrogens with two attached hydrogens (primary N) is 1. The van der Waals surface area contributed by atoms with Crippen LogP contribution in [-0.4, -0.2) is 25.8 Å². The first kappa shape index (κ1) is 12.1. The number of amidine groups is 1. The maximum absolute atomic E-state index is 8.53. The van der Waals surface area contributed by atoms with E-state index >= 15 is 0 Å². The second-order valence-corrected chi connectivity index (χ2v) is 4.17. The van der Waals surface area contributed by atoms with Crippen LogP contribution in [0, 0.1) is 13.8 Å². The summed E-state index contributed by atoms with van der Waals surface area (Å²) in [5, 5.41) is 15.5. The van der Waals surface area contributed by atoms with E-state index in [1.807, 2.05) is 6.07 Å². The zero-order valence-electron chi connectivity index (χ0n) is 10.3.